The second-order valence-electron chi connectivity index (χ2n) is 4.73. The molecule has 1 aromatic rings. The van der Waals surface area contributed by atoms with Crippen molar-refractivity contribution in [2.75, 3.05) is 13.7 Å². The fourth-order valence-electron chi connectivity index (χ4n) is 2.41. The summed E-state index contributed by atoms with van der Waals surface area (Å²) in [4.78, 5) is 25.6. The minimum atomic E-state index is -0.616. The maximum Gasteiger partial charge on any atom is 0.328 e. The van der Waals surface area contributed by atoms with Gasteiger partial charge < -0.3 is 19.8 Å². The van der Waals surface area contributed by atoms with Crippen LogP contribution in [0.1, 0.15) is 29.6 Å². The Morgan fingerprint density at radius 2 is 2.05 bits per heavy atom. The smallest absolute Gasteiger partial charge is 0.328 e. The molecule has 0 bridgehead atoms. The zero-order valence-corrected chi connectivity index (χ0v) is 11.2. The Morgan fingerprint density at radius 1 is 1.30 bits per heavy atom. The SMILES string of the molecule is COC(=O)[C@H]1CCCCN1C(=O)c1ccc(O)cc1O. The summed E-state index contributed by atoms with van der Waals surface area (Å²) in [7, 11) is 1.29. The lowest BCUT2D eigenvalue weighted by molar-refractivity contribution is -0.147. The Hall–Kier alpha value is -2.24. The molecule has 0 aliphatic carbocycles. The summed E-state index contributed by atoms with van der Waals surface area (Å²) < 4.78 is 4.72. The highest BCUT2D eigenvalue weighted by Gasteiger charge is 2.34. The number of ether oxygens (including phenoxy) is 1. The van der Waals surface area contributed by atoms with Gasteiger partial charge in [0.15, 0.2) is 0 Å². The monoisotopic (exact) mass is 279 g/mol. The van der Waals surface area contributed by atoms with Crippen molar-refractivity contribution in [1.29, 1.82) is 0 Å². The van der Waals surface area contributed by atoms with Gasteiger partial charge in [0, 0.05) is 12.6 Å². The van der Waals surface area contributed by atoms with Gasteiger partial charge in [0.1, 0.15) is 17.5 Å². The molecule has 1 saturated heterocycles. The average Bonchev–Trinajstić information content (AvgIpc) is 2.46. The van der Waals surface area contributed by atoms with E-state index in [0.717, 1.165) is 18.9 Å². The van der Waals surface area contributed by atoms with Crippen LogP contribution in [0.5, 0.6) is 11.5 Å². The summed E-state index contributed by atoms with van der Waals surface area (Å²) >= 11 is 0. The Morgan fingerprint density at radius 3 is 2.70 bits per heavy atom. The summed E-state index contributed by atoms with van der Waals surface area (Å²) in [6, 6.07) is 3.15. The van der Waals surface area contributed by atoms with Gasteiger partial charge in [-0.3, -0.25) is 4.79 Å². The highest BCUT2D eigenvalue weighted by atomic mass is 16.5. The van der Waals surface area contributed by atoms with Gasteiger partial charge in [-0.1, -0.05) is 0 Å². The number of piperidine rings is 1. The van der Waals surface area contributed by atoms with E-state index in [2.05, 4.69) is 0 Å². The minimum Gasteiger partial charge on any atom is -0.508 e. The molecule has 1 atom stereocenters. The molecule has 1 heterocycles. The lowest BCUT2D eigenvalue weighted by atomic mass is 10.0. The van der Waals surface area contributed by atoms with E-state index in [4.69, 9.17) is 4.74 Å². The van der Waals surface area contributed by atoms with Crippen molar-refractivity contribution in [2.45, 2.75) is 25.3 Å². The molecular weight excluding hydrogens is 262 g/mol. The van der Waals surface area contributed by atoms with Crippen molar-refractivity contribution >= 4 is 11.9 Å². The molecule has 0 aromatic heterocycles. The van der Waals surface area contributed by atoms with Gasteiger partial charge in [-0.05, 0) is 31.4 Å². The van der Waals surface area contributed by atoms with E-state index in [1.54, 1.807) is 0 Å². The van der Waals surface area contributed by atoms with Crippen LogP contribution in [-0.4, -0.2) is 46.7 Å². The van der Waals surface area contributed by atoms with Crippen molar-refractivity contribution < 1.29 is 24.5 Å². The maximum absolute atomic E-state index is 12.4. The maximum atomic E-state index is 12.4. The Balaban J connectivity index is 2.27. The molecule has 1 aliphatic rings. The fourth-order valence-corrected chi connectivity index (χ4v) is 2.41. The highest BCUT2D eigenvalue weighted by molar-refractivity contribution is 5.99. The van der Waals surface area contributed by atoms with Crippen LogP contribution < -0.4 is 0 Å². The Kier molecular flexibility index (Phi) is 4.12. The summed E-state index contributed by atoms with van der Waals surface area (Å²) in [6.07, 6.45) is 2.21. The largest absolute Gasteiger partial charge is 0.508 e. The number of rotatable bonds is 2. The van der Waals surface area contributed by atoms with E-state index in [1.807, 2.05) is 0 Å². The van der Waals surface area contributed by atoms with Gasteiger partial charge >= 0.3 is 5.97 Å². The number of esters is 1. The van der Waals surface area contributed by atoms with E-state index < -0.39 is 17.9 Å². The number of hydrogen-bond acceptors (Lipinski definition) is 5. The fraction of sp³-hybridized carbons (Fsp3) is 0.429. The average molecular weight is 279 g/mol. The zero-order valence-electron chi connectivity index (χ0n) is 11.2. The van der Waals surface area contributed by atoms with Gasteiger partial charge in [0.2, 0.25) is 0 Å². The molecule has 2 N–H and O–H groups in total. The zero-order chi connectivity index (χ0) is 14.7. The topological polar surface area (TPSA) is 87.1 Å². The van der Waals surface area contributed by atoms with Crippen LogP contribution in [0.2, 0.25) is 0 Å². The third-order valence-electron chi connectivity index (χ3n) is 3.45. The summed E-state index contributed by atoms with van der Waals surface area (Å²) in [5.74, 6) is -1.31. The van der Waals surface area contributed by atoms with Crippen molar-refractivity contribution in [2.24, 2.45) is 0 Å². The van der Waals surface area contributed by atoms with Crippen LogP contribution in [-0.2, 0) is 9.53 Å². The van der Waals surface area contributed by atoms with E-state index in [9.17, 15) is 19.8 Å². The molecule has 1 amide bonds. The van der Waals surface area contributed by atoms with E-state index >= 15 is 0 Å². The first-order chi connectivity index (χ1) is 9.54. The molecule has 0 unspecified atom stereocenters. The van der Waals surface area contributed by atoms with Crippen molar-refractivity contribution in [3.8, 4) is 11.5 Å². The van der Waals surface area contributed by atoms with Crippen LogP contribution in [0.25, 0.3) is 0 Å². The minimum absolute atomic E-state index is 0.0682. The van der Waals surface area contributed by atoms with E-state index in [0.29, 0.717) is 13.0 Å². The molecule has 108 valence electrons. The first-order valence-electron chi connectivity index (χ1n) is 6.45. The molecule has 2 rings (SSSR count). The normalized spacial score (nSPS) is 18.6. The quantitative estimate of drug-likeness (QED) is 0.796. The number of nitrogens with zero attached hydrogens (tertiary/aromatic N) is 1. The van der Waals surface area contributed by atoms with Gasteiger partial charge in [0.25, 0.3) is 5.91 Å². The van der Waals surface area contributed by atoms with Gasteiger partial charge in [-0.2, -0.15) is 0 Å². The van der Waals surface area contributed by atoms with Crippen LogP contribution in [0.4, 0.5) is 0 Å². The molecule has 0 spiro atoms. The summed E-state index contributed by atoms with van der Waals surface area (Å²) in [5.41, 5.74) is 0.0682. The number of amides is 1. The van der Waals surface area contributed by atoms with Gasteiger partial charge in [0.05, 0.1) is 12.7 Å². The first-order valence-corrected chi connectivity index (χ1v) is 6.45. The summed E-state index contributed by atoms with van der Waals surface area (Å²) in [6.45, 7) is 0.443. The highest BCUT2D eigenvalue weighted by Crippen LogP contribution is 2.27. The number of aromatic hydroxyl groups is 2. The standard InChI is InChI=1S/C14H17NO5/c1-20-14(19)11-4-2-3-7-15(11)13(18)10-6-5-9(16)8-12(10)17/h5-6,8,11,16-17H,2-4,7H2,1H3/t11-/m1/s1. The second kappa shape index (κ2) is 5.81. The van der Waals surface area contributed by atoms with Crippen LogP contribution >= 0.6 is 0 Å². The Bertz CT molecular complexity index is 528. The predicted molar refractivity (Wildman–Crippen MR) is 70.5 cm³/mol. The molecule has 1 aromatic carbocycles. The van der Waals surface area contributed by atoms with E-state index in [1.165, 1.54) is 24.1 Å². The number of likely N-dealkylation sites (tertiary alicyclic amines) is 1. The number of carbonyl (C=O) groups is 2. The number of carbonyl (C=O) groups excluding carboxylic acids is 2. The first kappa shape index (κ1) is 14.2. The van der Waals surface area contributed by atoms with Crippen molar-refractivity contribution in [1.82, 2.24) is 4.90 Å². The third-order valence-corrected chi connectivity index (χ3v) is 3.45. The molecule has 1 aliphatic heterocycles. The molecule has 6 nitrogen and oxygen atoms in total. The number of phenolic OH excluding ortho intramolecular Hbond substituents is 2. The Labute approximate surface area is 116 Å². The number of benzene rings is 1. The second-order valence-corrected chi connectivity index (χ2v) is 4.73. The van der Waals surface area contributed by atoms with Crippen molar-refractivity contribution in [3.05, 3.63) is 23.8 Å². The van der Waals surface area contributed by atoms with Gasteiger partial charge in [-0.15, -0.1) is 0 Å². The molecule has 0 saturated carbocycles. The summed E-state index contributed by atoms with van der Waals surface area (Å²) in [5, 5.41) is 19.0. The third kappa shape index (κ3) is 2.68. The van der Waals surface area contributed by atoms with Crippen LogP contribution in [0, 0.1) is 0 Å². The number of methoxy groups -OCH3 is 1. The molecule has 20 heavy (non-hydrogen) atoms. The molecular formula is C14H17NO5. The van der Waals surface area contributed by atoms with Crippen LogP contribution in [0.3, 0.4) is 0 Å². The van der Waals surface area contributed by atoms with Crippen molar-refractivity contribution in [3.63, 3.8) is 0 Å². The lowest BCUT2D eigenvalue weighted by Crippen LogP contribution is -2.48. The van der Waals surface area contributed by atoms with Crippen LogP contribution in [0.15, 0.2) is 18.2 Å². The lowest BCUT2D eigenvalue weighted by Gasteiger charge is -2.33. The molecule has 0 radical (unpaired) electrons. The number of hydrogen-bond donors (Lipinski definition) is 2. The molecule has 1 fully saturated rings. The predicted octanol–water partition coefficient (Wildman–Crippen LogP) is 1.27. The number of phenols is 2. The molecule has 6 heteroatoms. The van der Waals surface area contributed by atoms with Gasteiger partial charge in [-0.25, -0.2) is 4.79 Å². The van der Waals surface area contributed by atoms with E-state index in [-0.39, 0.29) is 17.1 Å².